The predicted octanol–water partition coefficient (Wildman–Crippen LogP) is -8.66. The number of quaternary nitrogens is 2. The highest BCUT2D eigenvalue weighted by molar-refractivity contribution is 5.75. The molecule has 0 aromatic carbocycles. The summed E-state index contributed by atoms with van der Waals surface area (Å²) in [4.78, 5) is 21.9. The van der Waals surface area contributed by atoms with Gasteiger partial charge in [-0.15, -0.1) is 0 Å². The molecule has 0 bridgehead atoms. The first-order valence-electron chi connectivity index (χ1n) is 4.34. The van der Waals surface area contributed by atoms with Crippen LogP contribution in [0.1, 0.15) is 12.8 Å². The van der Waals surface area contributed by atoms with Crippen molar-refractivity contribution in [2.45, 2.75) is 24.9 Å². The van der Waals surface area contributed by atoms with Crippen LogP contribution in [0.4, 0.5) is 0 Å². The van der Waals surface area contributed by atoms with Gasteiger partial charge in [0.25, 0.3) is 0 Å². The summed E-state index contributed by atoms with van der Waals surface area (Å²) >= 11 is 0. The lowest BCUT2D eigenvalue weighted by molar-refractivity contribution is -0.426. The van der Waals surface area contributed by atoms with Crippen LogP contribution in [0.3, 0.4) is 0 Å². The summed E-state index contributed by atoms with van der Waals surface area (Å²) in [6.07, 6.45) is 0.936. The van der Waals surface area contributed by atoms with Gasteiger partial charge in [-0.2, -0.15) is 0 Å². The summed E-state index contributed by atoms with van der Waals surface area (Å²) in [7, 11) is 2.62. The molecule has 16 heavy (non-hydrogen) atoms. The molecule has 0 aliphatic carbocycles. The summed E-state index contributed by atoms with van der Waals surface area (Å²) in [6.45, 7) is 0. The topological polar surface area (TPSA) is 108 Å². The summed E-state index contributed by atoms with van der Waals surface area (Å²) in [5, 5.41) is 0. The zero-order valence-electron chi connectivity index (χ0n) is 9.37. The normalized spacial score (nSPS) is 12.5. The Morgan fingerprint density at radius 2 is 1.19 bits per heavy atom. The highest BCUT2D eigenvalue weighted by atomic mass is 79.9. The Bertz CT molecular complexity index is 194. The van der Waals surface area contributed by atoms with E-state index in [1.807, 2.05) is 0 Å². The lowest BCUT2D eigenvalue weighted by Gasteiger charge is -2.08. The third-order valence-electron chi connectivity index (χ3n) is 1.93. The van der Waals surface area contributed by atoms with E-state index in [0.717, 1.165) is 0 Å². The minimum Gasteiger partial charge on any atom is -1.00 e. The molecule has 98 valence electrons. The van der Waals surface area contributed by atoms with Gasteiger partial charge in [-0.25, -0.2) is 9.59 Å². The van der Waals surface area contributed by atoms with Crippen LogP contribution in [0.5, 0.6) is 0 Å². The largest absolute Gasteiger partial charge is 1.00 e. The molecular weight excluding hydrogens is 348 g/mol. The van der Waals surface area contributed by atoms with E-state index in [0.29, 0.717) is 12.8 Å². The molecule has 0 heterocycles. The minimum atomic E-state index is -0.450. The fraction of sp³-hybridized carbons (Fsp3) is 0.750. The number of carbonyl (C=O) groups is 2. The molecule has 6 nitrogen and oxygen atoms in total. The SMILES string of the molecule is COC(=O)C([NH3+])CCC([NH3+])C(=O)OC.[Br-].[Br-]. The first-order chi connectivity index (χ1) is 6.52. The Morgan fingerprint density at radius 1 is 0.938 bits per heavy atom. The van der Waals surface area contributed by atoms with Crippen molar-refractivity contribution in [3.05, 3.63) is 0 Å². The Morgan fingerprint density at radius 3 is 1.38 bits per heavy atom. The highest BCUT2D eigenvalue weighted by Gasteiger charge is 2.23. The Hall–Kier alpha value is -0.180. The second-order valence-corrected chi connectivity index (χ2v) is 3.02. The first-order valence-corrected chi connectivity index (χ1v) is 4.34. The summed E-state index contributed by atoms with van der Waals surface area (Å²) in [5.41, 5.74) is 7.22. The molecule has 0 rings (SSSR count). The van der Waals surface area contributed by atoms with Gasteiger partial charge in [0.2, 0.25) is 0 Å². The first kappa shape index (κ1) is 21.1. The van der Waals surface area contributed by atoms with Gasteiger partial charge in [0.15, 0.2) is 12.1 Å². The van der Waals surface area contributed by atoms with Crippen molar-refractivity contribution in [3.8, 4) is 0 Å². The summed E-state index contributed by atoms with van der Waals surface area (Å²) in [6, 6.07) is -0.900. The van der Waals surface area contributed by atoms with Crippen molar-refractivity contribution in [2.24, 2.45) is 0 Å². The molecule has 6 N–H and O–H groups in total. The van der Waals surface area contributed by atoms with Crippen LogP contribution in [0, 0.1) is 0 Å². The van der Waals surface area contributed by atoms with Crippen molar-refractivity contribution in [3.63, 3.8) is 0 Å². The second-order valence-electron chi connectivity index (χ2n) is 3.02. The Labute approximate surface area is 116 Å². The van der Waals surface area contributed by atoms with E-state index in [1.165, 1.54) is 14.2 Å². The van der Waals surface area contributed by atoms with Crippen molar-refractivity contribution in [2.75, 3.05) is 14.2 Å². The number of ether oxygens (including phenoxy) is 2. The Kier molecular flexibility index (Phi) is 14.9. The van der Waals surface area contributed by atoms with Gasteiger partial charge in [0, 0.05) is 12.8 Å². The van der Waals surface area contributed by atoms with Gasteiger partial charge < -0.3 is 54.9 Å². The smallest absolute Gasteiger partial charge is 0.364 e. The summed E-state index contributed by atoms with van der Waals surface area (Å²) < 4.78 is 8.99. The van der Waals surface area contributed by atoms with E-state index in [1.54, 1.807) is 0 Å². The van der Waals surface area contributed by atoms with E-state index >= 15 is 0 Å². The van der Waals surface area contributed by atoms with E-state index in [2.05, 4.69) is 20.9 Å². The monoisotopic (exact) mass is 364 g/mol. The number of halogens is 2. The van der Waals surface area contributed by atoms with Crippen molar-refractivity contribution in [1.82, 2.24) is 0 Å². The van der Waals surface area contributed by atoms with Crippen LogP contribution in [-0.4, -0.2) is 38.2 Å². The molecular formula is C8H18Br2N2O4. The molecule has 8 heteroatoms. The second kappa shape index (κ2) is 11.3. The summed E-state index contributed by atoms with van der Waals surface area (Å²) in [5.74, 6) is -0.746. The van der Waals surface area contributed by atoms with Crippen LogP contribution in [0.15, 0.2) is 0 Å². The molecule has 0 saturated carbocycles. The van der Waals surface area contributed by atoms with E-state index < -0.39 is 12.1 Å². The van der Waals surface area contributed by atoms with Gasteiger partial charge in [-0.05, 0) is 0 Å². The fourth-order valence-corrected chi connectivity index (χ4v) is 0.971. The maximum Gasteiger partial charge on any atom is 0.364 e. The molecule has 0 aliphatic heterocycles. The van der Waals surface area contributed by atoms with Gasteiger partial charge in [0.05, 0.1) is 14.2 Å². The van der Waals surface area contributed by atoms with E-state index in [-0.39, 0.29) is 45.9 Å². The number of methoxy groups -OCH3 is 2. The third-order valence-corrected chi connectivity index (χ3v) is 1.93. The molecule has 0 aromatic heterocycles. The quantitative estimate of drug-likeness (QED) is 0.471. The van der Waals surface area contributed by atoms with Crippen LogP contribution < -0.4 is 45.4 Å². The highest BCUT2D eigenvalue weighted by Crippen LogP contribution is 1.98. The van der Waals surface area contributed by atoms with E-state index in [4.69, 9.17) is 0 Å². The minimum absolute atomic E-state index is 0. The third kappa shape index (κ3) is 8.03. The maximum absolute atomic E-state index is 10.9. The van der Waals surface area contributed by atoms with Crippen LogP contribution in [-0.2, 0) is 19.1 Å². The van der Waals surface area contributed by atoms with Crippen molar-refractivity contribution < 1.29 is 64.5 Å². The number of carbonyl (C=O) groups excluding carboxylic acids is 2. The molecule has 0 aliphatic rings. The van der Waals surface area contributed by atoms with Crippen LogP contribution in [0.2, 0.25) is 0 Å². The average molecular weight is 366 g/mol. The van der Waals surface area contributed by atoms with Gasteiger partial charge in [-0.3, -0.25) is 0 Å². The fourth-order valence-electron chi connectivity index (χ4n) is 0.971. The molecule has 2 atom stereocenters. The number of hydrogen-bond donors (Lipinski definition) is 2. The molecule has 2 unspecified atom stereocenters. The molecule has 0 radical (unpaired) electrons. The van der Waals surface area contributed by atoms with Crippen LogP contribution in [0.25, 0.3) is 0 Å². The molecule has 0 amide bonds. The zero-order chi connectivity index (χ0) is 11.1. The number of rotatable bonds is 5. The number of hydrogen-bond acceptors (Lipinski definition) is 4. The zero-order valence-corrected chi connectivity index (χ0v) is 12.5. The standard InChI is InChI=1S/C8H16N2O4.2BrH/c1-13-7(11)5(9)3-4-6(10)8(12)14-2;;/h5-6H,3-4,9-10H2,1-2H3;2*1H. The van der Waals surface area contributed by atoms with Crippen molar-refractivity contribution >= 4 is 11.9 Å². The predicted molar refractivity (Wildman–Crippen MR) is 46.6 cm³/mol. The molecule has 0 fully saturated rings. The Balaban J connectivity index is -0.000000845. The molecule has 0 spiro atoms. The van der Waals surface area contributed by atoms with Crippen LogP contribution >= 0.6 is 0 Å². The molecule has 0 aromatic rings. The molecule has 0 saturated heterocycles. The number of esters is 2. The lowest BCUT2D eigenvalue weighted by atomic mass is 10.1. The van der Waals surface area contributed by atoms with E-state index in [9.17, 15) is 9.59 Å². The van der Waals surface area contributed by atoms with Crippen molar-refractivity contribution in [1.29, 1.82) is 0 Å². The van der Waals surface area contributed by atoms with Gasteiger partial charge in [0.1, 0.15) is 0 Å². The average Bonchev–Trinajstić information content (AvgIpc) is 2.22. The van der Waals surface area contributed by atoms with Gasteiger partial charge in [-0.1, -0.05) is 0 Å². The maximum atomic E-state index is 10.9. The lowest BCUT2D eigenvalue weighted by Crippen LogP contribution is -3.00. The van der Waals surface area contributed by atoms with Gasteiger partial charge >= 0.3 is 11.9 Å².